The summed E-state index contributed by atoms with van der Waals surface area (Å²) in [7, 11) is 1.89. The molecule has 0 aromatic carbocycles. The third kappa shape index (κ3) is 2.50. The molecule has 0 bridgehead atoms. The van der Waals surface area contributed by atoms with Gasteiger partial charge in [0.05, 0.1) is 0 Å². The number of carbonyl (C=O) groups is 1. The van der Waals surface area contributed by atoms with E-state index in [1.165, 1.54) is 19.3 Å². The van der Waals surface area contributed by atoms with Crippen molar-refractivity contribution in [1.82, 2.24) is 4.90 Å². The summed E-state index contributed by atoms with van der Waals surface area (Å²) in [5.74, 6) is 0.669. The van der Waals surface area contributed by atoms with Crippen LogP contribution in [0, 0.1) is 11.3 Å². The minimum absolute atomic E-state index is 0.0454. The predicted octanol–water partition coefficient (Wildman–Crippen LogP) is 2.33. The van der Waals surface area contributed by atoms with Gasteiger partial charge in [0.1, 0.15) is 5.41 Å². The smallest absolute Gasteiger partial charge is 0.236 e. The van der Waals surface area contributed by atoms with Gasteiger partial charge in [0.2, 0.25) is 5.91 Å². The number of rotatable bonds is 3. The third-order valence-corrected chi connectivity index (χ3v) is 5.35. The summed E-state index contributed by atoms with van der Waals surface area (Å²) >= 11 is 0. The van der Waals surface area contributed by atoms with Crippen LogP contribution >= 0.6 is 0 Å². The minimum Gasteiger partial charge on any atom is -0.409 e. The Morgan fingerprint density at radius 2 is 1.85 bits per heavy atom. The SMILES string of the molecule is CC1CCCCC1N(C)C(=O)C1(C(N)=NO)CCCC1. The Labute approximate surface area is 121 Å². The molecule has 2 rings (SSSR count). The van der Waals surface area contributed by atoms with Gasteiger partial charge in [-0.2, -0.15) is 0 Å². The van der Waals surface area contributed by atoms with E-state index in [9.17, 15) is 4.79 Å². The van der Waals surface area contributed by atoms with E-state index in [0.717, 1.165) is 19.3 Å². The number of hydrogen-bond donors (Lipinski definition) is 2. The van der Waals surface area contributed by atoms with Gasteiger partial charge in [-0.3, -0.25) is 4.79 Å². The number of carbonyl (C=O) groups excluding carboxylic acids is 1. The third-order valence-electron chi connectivity index (χ3n) is 5.35. The summed E-state index contributed by atoms with van der Waals surface area (Å²) in [4.78, 5) is 14.8. The second kappa shape index (κ2) is 6.02. The number of nitrogens with two attached hydrogens (primary N) is 1. The first-order valence-corrected chi connectivity index (χ1v) is 7.78. The van der Waals surface area contributed by atoms with Gasteiger partial charge in [-0.1, -0.05) is 37.8 Å². The van der Waals surface area contributed by atoms with Gasteiger partial charge in [-0.05, 0) is 31.6 Å². The minimum atomic E-state index is -0.763. The standard InChI is InChI=1S/C15H27N3O2/c1-11-7-3-4-8-12(11)18(2)14(19)15(13(16)17-20)9-5-6-10-15/h11-12,20H,3-10H2,1-2H3,(H2,16,17). The molecule has 2 unspecified atom stereocenters. The topological polar surface area (TPSA) is 78.9 Å². The van der Waals surface area contributed by atoms with Crippen molar-refractivity contribution < 1.29 is 10.0 Å². The van der Waals surface area contributed by atoms with Crippen LogP contribution < -0.4 is 5.73 Å². The Morgan fingerprint density at radius 3 is 2.40 bits per heavy atom. The summed E-state index contributed by atoms with van der Waals surface area (Å²) < 4.78 is 0. The number of amides is 1. The second-order valence-corrected chi connectivity index (χ2v) is 6.52. The van der Waals surface area contributed by atoms with Crippen LogP contribution in [-0.2, 0) is 4.79 Å². The maximum Gasteiger partial charge on any atom is 0.236 e. The lowest BCUT2D eigenvalue weighted by Crippen LogP contribution is -2.53. The van der Waals surface area contributed by atoms with Gasteiger partial charge in [-0.15, -0.1) is 0 Å². The van der Waals surface area contributed by atoms with E-state index >= 15 is 0 Å². The molecule has 0 aromatic heterocycles. The Balaban J connectivity index is 2.19. The zero-order chi connectivity index (χ0) is 14.8. The van der Waals surface area contributed by atoms with Gasteiger partial charge in [0, 0.05) is 13.1 Å². The van der Waals surface area contributed by atoms with E-state index in [1.54, 1.807) is 0 Å². The molecule has 1 amide bonds. The number of nitrogens with zero attached hydrogens (tertiary/aromatic N) is 2. The molecule has 3 N–H and O–H groups in total. The van der Waals surface area contributed by atoms with E-state index in [1.807, 2.05) is 11.9 Å². The number of hydrogen-bond acceptors (Lipinski definition) is 3. The summed E-state index contributed by atoms with van der Waals surface area (Å²) in [6.45, 7) is 2.22. The molecule has 114 valence electrons. The zero-order valence-electron chi connectivity index (χ0n) is 12.6. The van der Waals surface area contributed by atoms with Crippen LogP contribution in [0.3, 0.4) is 0 Å². The molecule has 5 nitrogen and oxygen atoms in total. The van der Waals surface area contributed by atoms with Gasteiger partial charge < -0.3 is 15.8 Å². The van der Waals surface area contributed by atoms with Crippen molar-refractivity contribution in [2.75, 3.05) is 7.05 Å². The summed E-state index contributed by atoms with van der Waals surface area (Å²) in [6, 6.07) is 0.292. The maximum atomic E-state index is 13.0. The fourth-order valence-corrected chi connectivity index (χ4v) is 4.01. The van der Waals surface area contributed by atoms with Crippen LogP contribution in [0.5, 0.6) is 0 Å². The van der Waals surface area contributed by atoms with Gasteiger partial charge in [0.15, 0.2) is 5.84 Å². The van der Waals surface area contributed by atoms with Crippen LogP contribution in [0.15, 0.2) is 5.16 Å². The van der Waals surface area contributed by atoms with E-state index < -0.39 is 5.41 Å². The molecule has 2 saturated carbocycles. The average molecular weight is 281 g/mol. The van der Waals surface area contributed by atoms with Crippen LogP contribution in [0.25, 0.3) is 0 Å². The second-order valence-electron chi connectivity index (χ2n) is 6.52. The first kappa shape index (κ1) is 15.1. The van der Waals surface area contributed by atoms with Gasteiger partial charge in [0.25, 0.3) is 0 Å². The quantitative estimate of drug-likeness (QED) is 0.361. The van der Waals surface area contributed by atoms with Crippen LogP contribution in [0.1, 0.15) is 58.3 Å². The normalized spacial score (nSPS) is 30.2. The predicted molar refractivity (Wildman–Crippen MR) is 78.5 cm³/mol. The van der Waals surface area contributed by atoms with Gasteiger partial charge in [-0.25, -0.2) is 0 Å². The maximum absolute atomic E-state index is 13.0. The van der Waals surface area contributed by atoms with E-state index in [0.29, 0.717) is 24.8 Å². The Kier molecular flexibility index (Phi) is 4.55. The van der Waals surface area contributed by atoms with Crippen LogP contribution in [0.2, 0.25) is 0 Å². The summed E-state index contributed by atoms with van der Waals surface area (Å²) in [5, 5.41) is 12.2. The van der Waals surface area contributed by atoms with Crippen molar-refractivity contribution in [2.24, 2.45) is 22.2 Å². The Bertz CT molecular complexity index is 389. The molecule has 0 aromatic rings. The highest BCUT2D eigenvalue weighted by Crippen LogP contribution is 2.41. The highest BCUT2D eigenvalue weighted by Gasteiger charge is 2.48. The molecular weight excluding hydrogens is 254 g/mol. The van der Waals surface area contributed by atoms with Crippen molar-refractivity contribution in [3.05, 3.63) is 0 Å². The molecule has 5 heteroatoms. The number of amidine groups is 1. The largest absolute Gasteiger partial charge is 0.409 e. The molecule has 0 radical (unpaired) electrons. The van der Waals surface area contributed by atoms with Crippen molar-refractivity contribution in [3.8, 4) is 0 Å². The lowest BCUT2D eigenvalue weighted by atomic mass is 9.80. The van der Waals surface area contributed by atoms with E-state index in [-0.39, 0.29) is 11.7 Å². The molecular formula is C15H27N3O2. The fourth-order valence-electron chi connectivity index (χ4n) is 4.01. The fraction of sp³-hybridized carbons (Fsp3) is 0.867. The molecule has 2 fully saturated rings. The molecule has 2 aliphatic rings. The molecule has 2 aliphatic carbocycles. The zero-order valence-corrected chi connectivity index (χ0v) is 12.6. The Hall–Kier alpha value is -1.26. The first-order valence-electron chi connectivity index (χ1n) is 7.78. The van der Waals surface area contributed by atoms with Crippen molar-refractivity contribution in [1.29, 1.82) is 0 Å². The van der Waals surface area contributed by atoms with Crippen molar-refractivity contribution in [3.63, 3.8) is 0 Å². The molecule has 20 heavy (non-hydrogen) atoms. The van der Waals surface area contributed by atoms with Crippen LogP contribution in [-0.4, -0.2) is 34.9 Å². The molecule has 0 spiro atoms. The van der Waals surface area contributed by atoms with Crippen molar-refractivity contribution >= 4 is 11.7 Å². The summed E-state index contributed by atoms with van der Waals surface area (Å²) in [6.07, 6.45) is 8.02. The average Bonchev–Trinajstić information content (AvgIpc) is 2.96. The molecule has 0 saturated heterocycles. The lowest BCUT2D eigenvalue weighted by molar-refractivity contribution is -0.140. The molecule has 0 aliphatic heterocycles. The highest BCUT2D eigenvalue weighted by atomic mass is 16.4. The van der Waals surface area contributed by atoms with Crippen molar-refractivity contribution in [2.45, 2.75) is 64.3 Å². The van der Waals surface area contributed by atoms with Crippen LogP contribution in [0.4, 0.5) is 0 Å². The highest BCUT2D eigenvalue weighted by molar-refractivity contribution is 6.07. The van der Waals surface area contributed by atoms with Gasteiger partial charge >= 0.3 is 0 Å². The first-order chi connectivity index (χ1) is 9.53. The number of oxime groups is 1. The molecule has 0 heterocycles. The molecule has 2 atom stereocenters. The van der Waals surface area contributed by atoms with E-state index in [2.05, 4.69) is 12.1 Å². The van der Waals surface area contributed by atoms with E-state index in [4.69, 9.17) is 10.9 Å². The monoisotopic (exact) mass is 281 g/mol. The Morgan fingerprint density at radius 1 is 1.25 bits per heavy atom. The summed E-state index contributed by atoms with van der Waals surface area (Å²) in [5.41, 5.74) is 5.11. The lowest BCUT2D eigenvalue weighted by Gasteiger charge is -2.40.